The molecule has 0 spiro atoms. The van der Waals surface area contributed by atoms with Gasteiger partial charge in [0.2, 0.25) is 5.89 Å². The van der Waals surface area contributed by atoms with Crippen molar-refractivity contribution in [3.05, 3.63) is 11.7 Å². The lowest BCUT2D eigenvalue weighted by Crippen LogP contribution is -2.46. The topological polar surface area (TPSA) is 51.4 Å². The SMILES string of the molecule is CCc1noc(CN2C[C@@H](C)OC[C@@H]2C)n1. The van der Waals surface area contributed by atoms with E-state index in [1.54, 1.807) is 0 Å². The van der Waals surface area contributed by atoms with Crippen LogP contribution < -0.4 is 0 Å². The van der Waals surface area contributed by atoms with Crippen LogP contribution in [0.15, 0.2) is 4.52 Å². The summed E-state index contributed by atoms with van der Waals surface area (Å²) >= 11 is 0. The fraction of sp³-hybridized carbons (Fsp3) is 0.818. The molecule has 0 amide bonds. The van der Waals surface area contributed by atoms with E-state index in [2.05, 4.69) is 28.9 Å². The van der Waals surface area contributed by atoms with Gasteiger partial charge in [-0.05, 0) is 13.8 Å². The molecule has 1 aromatic heterocycles. The van der Waals surface area contributed by atoms with Gasteiger partial charge in [-0.25, -0.2) is 0 Å². The van der Waals surface area contributed by atoms with Gasteiger partial charge in [-0.15, -0.1) is 0 Å². The molecule has 90 valence electrons. The van der Waals surface area contributed by atoms with E-state index in [1.807, 2.05) is 6.92 Å². The predicted molar refractivity (Wildman–Crippen MR) is 59.0 cm³/mol. The zero-order valence-corrected chi connectivity index (χ0v) is 10.1. The van der Waals surface area contributed by atoms with E-state index in [0.717, 1.165) is 31.9 Å². The summed E-state index contributed by atoms with van der Waals surface area (Å²) in [5.41, 5.74) is 0. The van der Waals surface area contributed by atoms with Gasteiger partial charge in [0.15, 0.2) is 5.82 Å². The van der Waals surface area contributed by atoms with Gasteiger partial charge in [-0.3, -0.25) is 4.90 Å². The quantitative estimate of drug-likeness (QED) is 0.774. The van der Waals surface area contributed by atoms with Crippen LogP contribution in [0.1, 0.15) is 32.5 Å². The molecule has 0 unspecified atom stereocenters. The summed E-state index contributed by atoms with van der Waals surface area (Å²) in [6.45, 7) is 8.68. The Bertz CT molecular complexity index is 340. The van der Waals surface area contributed by atoms with Crippen molar-refractivity contribution >= 4 is 0 Å². The standard InChI is InChI=1S/C11H19N3O2/c1-4-10-12-11(16-13-10)6-14-5-9(3)15-7-8(14)2/h8-9H,4-7H2,1-3H3/t8-,9+/m0/s1. The monoisotopic (exact) mass is 225 g/mol. The summed E-state index contributed by atoms with van der Waals surface area (Å²) in [7, 11) is 0. The Kier molecular flexibility index (Phi) is 3.56. The third-order valence-corrected chi connectivity index (χ3v) is 2.90. The van der Waals surface area contributed by atoms with E-state index < -0.39 is 0 Å². The second kappa shape index (κ2) is 4.93. The number of hydrogen-bond acceptors (Lipinski definition) is 5. The Morgan fingerprint density at radius 3 is 2.94 bits per heavy atom. The molecule has 5 nitrogen and oxygen atoms in total. The Morgan fingerprint density at radius 1 is 1.44 bits per heavy atom. The molecule has 2 atom stereocenters. The first-order valence-electron chi connectivity index (χ1n) is 5.86. The van der Waals surface area contributed by atoms with Crippen LogP contribution in [0, 0.1) is 0 Å². The molecule has 1 aromatic rings. The van der Waals surface area contributed by atoms with Crippen LogP contribution in [-0.2, 0) is 17.7 Å². The third kappa shape index (κ3) is 2.59. The fourth-order valence-corrected chi connectivity index (χ4v) is 1.86. The number of hydrogen-bond donors (Lipinski definition) is 0. The fourth-order valence-electron chi connectivity index (χ4n) is 1.86. The van der Waals surface area contributed by atoms with E-state index in [1.165, 1.54) is 0 Å². The zero-order valence-electron chi connectivity index (χ0n) is 10.1. The summed E-state index contributed by atoms with van der Waals surface area (Å²) < 4.78 is 10.8. The molecule has 0 bridgehead atoms. The van der Waals surface area contributed by atoms with Crippen LogP contribution in [0.3, 0.4) is 0 Å². The van der Waals surface area contributed by atoms with Gasteiger partial charge >= 0.3 is 0 Å². The maximum atomic E-state index is 5.58. The average molecular weight is 225 g/mol. The molecule has 1 aliphatic heterocycles. The van der Waals surface area contributed by atoms with Gasteiger partial charge in [0.1, 0.15) is 0 Å². The minimum absolute atomic E-state index is 0.282. The first kappa shape index (κ1) is 11.5. The number of aryl methyl sites for hydroxylation is 1. The Labute approximate surface area is 95.8 Å². The molecule has 1 saturated heterocycles. The molecule has 5 heteroatoms. The summed E-state index contributed by atoms with van der Waals surface area (Å²) in [5, 5.41) is 3.90. The second-order valence-corrected chi connectivity index (χ2v) is 4.38. The van der Waals surface area contributed by atoms with Crippen molar-refractivity contribution in [1.29, 1.82) is 0 Å². The lowest BCUT2D eigenvalue weighted by Gasteiger charge is -2.35. The van der Waals surface area contributed by atoms with Crippen LogP contribution in [0.5, 0.6) is 0 Å². The van der Waals surface area contributed by atoms with E-state index in [9.17, 15) is 0 Å². The molecular formula is C11H19N3O2. The van der Waals surface area contributed by atoms with Crippen molar-refractivity contribution in [2.75, 3.05) is 13.2 Å². The van der Waals surface area contributed by atoms with Gasteiger partial charge in [0.25, 0.3) is 0 Å². The first-order valence-corrected chi connectivity index (χ1v) is 5.86. The molecule has 0 radical (unpaired) electrons. The summed E-state index contributed by atoms with van der Waals surface area (Å²) in [5.74, 6) is 1.49. The van der Waals surface area contributed by atoms with Crippen molar-refractivity contribution < 1.29 is 9.26 Å². The van der Waals surface area contributed by atoms with Gasteiger partial charge in [0, 0.05) is 19.0 Å². The minimum atomic E-state index is 0.282. The van der Waals surface area contributed by atoms with Crippen molar-refractivity contribution in [1.82, 2.24) is 15.0 Å². The van der Waals surface area contributed by atoms with Crippen molar-refractivity contribution in [3.63, 3.8) is 0 Å². The average Bonchev–Trinajstić information content (AvgIpc) is 2.71. The van der Waals surface area contributed by atoms with Crippen LogP contribution in [0.25, 0.3) is 0 Å². The third-order valence-electron chi connectivity index (χ3n) is 2.90. The highest BCUT2D eigenvalue weighted by molar-refractivity contribution is 4.87. The predicted octanol–water partition coefficient (Wildman–Crippen LogP) is 1.24. The van der Waals surface area contributed by atoms with Crippen LogP contribution in [-0.4, -0.2) is 40.3 Å². The molecule has 2 rings (SSSR count). The number of ether oxygens (including phenoxy) is 1. The highest BCUT2D eigenvalue weighted by Crippen LogP contribution is 2.14. The van der Waals surface area contributed by atoms with Gasteiger partial charge in [-0.2, -0.15) is 4.98 Å². The van der Waals surface area contributed by atoms with Crippen molar-refractivity contribution in [2.24, 2.45) is 0 Å². The largest absolute Gasteiger partial charge is 0.376 e. The van der Waals surface area contributed by atoms with Gasteiger partial charge < -0.3 is 9.26 Å². The summed E-state index contributed by atoms with van der Waals surface area (Å²) in [6.07, 6.45) is 1.10. The molecule has 16 heavy (non-hydrogen) atoms. The van der Waals surface area contributed by atoms with E-state index in [-0.39, 0.29) is 6.10 Å². The molecule has 0 N–H and O–H groups in total. The highest BCUT2D eigenvalue weighted by Gasteiger charge is 2.24. The Hall–Kier alpha value is -0.940. The zero-order chi connectivity index (χ0) is 11.5. The van der Waals surface area contributed by atoms with Gasteiger partial charge in [0.05, 0.1) is 19.3 Å². The number of rotatable bonds is 3. The lowest BCUT2D eigenvalue weighted by molar-refractivity contribution is -0.0555. The molecule has 0 aliphatic carbocycles. The first-order chi connectivity index (χ1) is 7.69. The Morgan fingerprint density at radius 2 is 2.25 bits per heavy atom. The second-order valence-electron chi connectivity index (χ2n) is 4.38. The van der Waals surface area contributed by atoms with Crippen molar-refractivity contribution in [2.45, 2.75) is 45.9 Å². The Balaban J connectivity index is 1.97. The molecular weight excluding hydrogens is 206 g/mol. The lowest BCUT2D eigenvalue weighted by atomic mass is 10.2. The summed E-state index contributed by atoms with van der Waals surface area (Å²) in [4.78, 5) is 6.64. The number of morpholine rings is 1. The van der Waals surface area contributed by atoms with E-state index in [4.69, 9.17) is 9.26 Å². The molecule has 0 aromatic carbocycles. The summed E-state index contributed by atoms with van der Waals surface area (Å²) in [6, 6.07) is 0.410. The smallest absolute Gasteiger partial charge is 0.240 e. The van der Waals surface area contributed by atoms with Gasteiger partial charge in [-0.1, -0.05) is 12.1 Å². The van der Waals surface area contributed by atoms with E-state index >= 15 is 0 Å². The van der Waals surface area contributed by atoms with Crippen LogP contribution in [0.4, 0.5) is 0 Å². The minimum Gasteiger partial charge on any atom is -0.376 e. The maximum absolute atomic E-state index is 5.58. The molecule has 0 saturated carbocycles. The molecule has 1 fully saturated rings. The van der Waals surface area contributed by atoms with E-state index in [0.29, 0.717) is 11.9 Å². The molecule has 2 heterocycles. The normalized spacial score (nSPS) is 27.2. The molecule has 1 aliphatic rings. The van der Waals surface area contributed by atoms with Crippen molar-refractivity contribution in [3.8, 4) is 0 Å². The highest BCUT2D eigenvalue weighted by atomic mass is 16.5. The maximum Gasteiger partial charge on any atom is 0.240 e. The van der Waals surface area contributed by atoms with Crippen LogP contribution in [0.2, 0.25) is 0 Å². The van der Waals surface area contributed by atoms with Crippen LogP contribution >= 0.6 is 0 Å². The number of nitrogens with zero attached hydrogens (tertiary/aromatic N) is 3. The number of aromatic nitrogens is 2.